The Labute approximate surface area is 76.6 Å². The van der Waals surface area contributed by atoms with E-state index in [2.05, 4.69) is 0 Å². The van der Waals surface area contributed by atoms with Crippen molar-refractivity contribution in [3.63, 3.8) is 0 Å². The number of rotatable bonds is 1. The highest BCUT2D eigenvalue weighted by Gasteiger charge is 2.27. The van der Waals surface area contributed by atoms with Crippen LogP contribution in [0.1, 0.15) is 18.4 Å². The third-order valence-corrected chi connectivity index (χ3v) is 2.39. The molecule has 2 atom stereocenters. The predicted molar refractivity (Wildman–Crippen MR) is 48.0 cm³/mol. The van der Waals surface area contributed by atoms with Crippen LogP contribution in [0.2, 0.25) is 0 Å². The fraction of sp³-hybridized carbons (Fsp3) is 0.400. The molecule has 0 spiro atoms. The number of hydrogen-bond donors (Lipinski definition) is 2. The second-order valence-electron chi connectivity index (χ2n) is 3.38. The molecule has 0 radical (unpaired) electrons. The summed E-state index contributed by atoms with van der Waals surface area (Å²) in [7, 11) is 0. The molecule has 1 aliphatic heterocycles. The SMILES string of the molecule is CC(O)C1COc2ccc(O)cc21. The normalized spacial score (nSPS) is 22.2. The van der Waals surface area contributed by atoms with Crippen molar-refractivity contribution in [1.82, 2.24) is 0 Å². The van der Waals surface area contributed by atoms with Crippen molar-refractivity contribution in [2.45, 2.75) is 18.9 Å². The van der Waals surface area contributed by atoms with Crippen molar-refractivity contribution in [3.05, 3.63) is 23.8 Å². The molecule has 2 unspecified atom stereocenters. The molecule has 0 saturated carbocycles. The lowest BCUT2D eigenvalue weighted by Crippen LogP contribution is -2.15. The standard InChI is InChI=1S/C10H12O3/c1-6(11)9-5-13-10-3-2-7(12)4-8(9)10/h2-4,6,9,11-12H,5H2,1H3. The summed E-state index contributed by atoms with van der Waals surface area (Å²) in [6.45, 7) is 2.23. The maximum atomic E-state index is 9.43. The molecule has 0 bridgehead atoms. The fourth-order valence-electron chi connectivity index (χ4n) is 1.63. The first-order chi connectivity index (χ1) is 6.18. The zero-order chi connectivity index (χ0) is 9.42. The summed E-state index contributed by atoms with van der Waals surface area (Å²) in [5.41, 5.74) is 0.898. The van der Waals surface area contributed by atoms with Crippen LogP contribution in [-0.4, -0.2) is 22.9 Å². The largest absolute Gasteiger partial charge is 0.508 e. The van der Waals surface area contributed by atoms with Crippen molar-refractivity contribution in [2.24, 2.45) is 0 Å². The van der Waals surface area contributed by atoms with Crippen LogP contribution in [0, 0.1) is 0 Å². The van der Waals surface area contributed by atoms with Crippen LogP contribution in [0.5, 0.6) is 11.5 Å². The molecule has 1 heterocycles. The number of ether oxygens (including phenoxy) is 1. The van der Waals surface area contributed by atoms with Crippen LogP contribution in [0.15, 0.2) is 18.2 Å². The fourth-order valence-corrected chi connectivity index (χ4v) is 1.63. The van der Waals surface area contributed by atoms with Crippen molar-refractivity contribution < 1.29 is 14.9 Å². The molecule has 13 heavy (non-hydrogen) atoms. The molecular formula is C10H12O3. The lowest BCUT2D eigenvalue weighted by Gasteiger charge is -2.11. The van der Waals surface area contributed by atoms with Crippen LogP contribution in [-0.2, 0) is 0 Å². The summed E-state index contributed by atoms with van der Waals surface area (Å²) < 4.78 is 5.36. The van der Waals surface area contributed by atoms with Crippen LogP contribution in [0.3, 0.4) is 0 Å². The average Bonchev–Trinajstić information content (AvgIpc) is 2.46. The minimum atomic E-state index is -0.442. The number of phenolic OH excluding ortho intramolecular Hbond substituents is 1. The molecule has 2 N–H and O–H groups in total. The van der Waals surface area contributed by atoms with Crippen LogP contribution in [0.4, 0.5) is 0 Å². The predicted octanol–water partition coefficient (Wildman–Crippen LogP) is 1.25. The Morgan fingerprint density at radius 3 is 3.00 bits per heavy atom. The monoisotopic (exact) mass is 180 g/mol. The Morgan fingerprint density at radius 1 is 1.54 bits per heavy atom. The van der Waals surface area contributed by atoms with Gasteiger partial charge in [-0.3, -0.25) is 0 Å². The summed E-state index contributed by atoms with van der Waals surface area (Å²) in [6.07, 6.45) is -0.442. The summed E-state index contributed by atoms with van der Waals surface area (Å²) in [5, 5.41) is 18.7. The smallest absolute Gasteiger partial charge is 0.123 e. The van der Waals surface area contributed by atoms with E-state index in [1.807, 2.05) is 0 Å². The van der Waals surface area contributed by atoms with Crippen molar-refractivity contribution in [3.8, 4) is 11.5 Å². The molecule has 0 amide bonds. The number of aliphatic hydroxyl groups is 1. The van der Waals surface area contributed by atoms with Gasteiger partial charge in [0, 0.05) is 11.5 Å². The average molecular weight is 180 g/mol. The Kier molecular flexibility index (Phi) is 1.88. The van der Waals surface area contributed by atoms with E-state index in [1.54, 1.807) is 25.1 Å². The van der Waals surface area contributed by atoms with Gasteiger partial charge in [0.25, 0.3) is 0 Å². The van der Waals surface area contributed by atoms with E-state index < -0.39 is 6.10 Å². The van der Waals surface area contributed by atoms with E-state index in [-0.39, 0.29) is 11.7 Å². The molecule has 1 aromatic carbocycles. The van der Waals surface area contributed by atoms with Crippen LogP contribution < -0.4 is 4.74 Å². The number of fused-ring (bicyclic) bond motifs is 1. The zero-order valence-electron chi connectivity index (χ0n) is 7.40. The van der Waals surface area contributed by atoms with E-state index in [9.17, 15) is 10.2 Å². The van der Waals surface area contributed by atoms with Crippen LogP contribution >= 0.6 is 0 Å². The van der Waals surface area contributed by atoms with E-state index in [1.165, 1.54) is 0 Å². The molecule has 0 aliphatic carbocycles. The summed E-state index contributed by atoms with van der Waals surface area (Å²) >= 11 is 0. The Morgan fingerprint density at radius 2 is 2.31 bits per heavy atom. The molecule has 2 rings (SSSR count). The van der Waals surface area contributed by atoms with Gasteiger partial charge in [-0.25, -0.2) is 0 Å². The second-order valence-corrected chi connectivity index (χ2v) is 3.38. The zero-order valence-corrected chi connectivity index (χ0v) is 7.40. The summed E-state index contributed by atoms with van der Waals surface area (Å²) in [5.74, 6) is 0.973. The number of hydrogen-bond acceptors (Lipinski definition) is 3. The van der Waals surface area contributed by atoms with Gasteiger partial charge in [0.15, 0.2) is 0 Å². The number of benzene rings is 1. The summed E-state index contributed by atoms with van der Waals surface area (Å²) in [4.78, 5) is 0. The third-order valence-electron chi connectivity index (χ3n) is 2.39. The Balaban J connectivity index is 2.40. The van der Waals surface area contributed by atoms with E-state index in [0.29, 0.717) is 6.61 Å². The molecule has 0 saturated heterocycles. The van der Waals surface area contributed by atoms with Gasteiger partial charge in [-0.05, 0) is 25.1 Å². The topological polar surface area (TPSA) is 49.7 Å². The highest BCUT2D eigenvalue weighted by molar-refractivity contribution is 5.44. The highest BCUT2D eigenvalue weighted by Crippen LogP contribution is 2.37. The molecule has 1 aliphatic rings. The first kappa shape index (κ1) is 8.38. The van der Waals surface area contributed by atoms with E-state index in [4.69, 9.17) is 4.74 Å². The second kappa shape index (κ2) is 2.92. The van der Waals surface area contributed by atoms with Crippen molar-refractivity contribution in [1.29, 1.82) is 0 Å². The summed E-state index contributed by atoms with van der Waals surface area (Å²) in [6, 6.07) is 4.97. The molecule has 3 heteroatoms. The van der Waals surface area contributed by atoms with Gasteiger partial charge >= 0.3 is 0 Å². The number of aromatic hydroxyl groups is 1. The third kappa shape index (κ3) is 1.35. The molecule has 0 fully saturated rings. The van der Waals surface area contributed by atoms with E-state index >= 15 is 0 Å². The molecule has 0 aromatic heterocycles. The van der Waals surface area contributed by atoms with Gasteiger partial charge in [0.2, 0.25) is 0 Å². The minimum Gasteiger partial charge on any atom is -0.508 e. The molecule has 70 valence electrons. The molecular weight excluding hydrogens is 168 g/mol. The molecule has 3 nitrogen and oxygen atoms in total. The van der Waals surface area contributed by atoms with Gasteiger partial charge in [-0.1, -0.05) is 0 Å². The first-order valence-corrected chi connectivity index (χ1v) is 4.32. The van der Waals surface area contributed by atoms with Gasteiger partial charge in [-0.2, -0.15) is 0 Å². The van der Waals surface area contributed by atoms with Gasteiger partial charge in [0.1, 0.15) is 11.5 Å². The lowest BCUT2D eigenvalue weighted by molar-refractivity contribution is 0.146. The first-order valence-electron chi connectivity index (χ1n) is 4.32. The van der Waals surface area contributed by atoms with Gasteiger partial charge < -0.3 is 14.9 Å². The Bertz CT molecular complexity index is 320. The highest BCUT2D eigenvalue weighted by atomic mass is 16.5. The van der Waals surface area contributed by atoms with Gasteiger partial charge in [-0.15, -0.1) is 0 Å². The van der Waals surface area contributed by atoms with Crippen molar-refractivity contribution >= 4 is 0 Å². The van der Waals surface area contributed by atoms with E-state index in [0.717, 1.165) is 11.3 Å². The Hall–Kier alpha value is -1.22. The lowest BCUT2D eigenvalue weighted by atomic mass is 9.96. The van der Waals surface area contributed by atoms with Crippen molar-refractivity contribution in [2.75, 3.05) is 6.61 Å². The number of phenols is 1. The maximum absolute atomic E-state index is 9.43. The molecule has 1 aromatic rings. The maximum Gasteiger partial charge on any atom is 0.123 e. The minimum absolute atomic E-state index is 0.0119. The quantitative estimate of drug-likeness (QED) is 0.683. The van der Waals surface area contributed by atoms with Crippen LogP contribution in [0.25, 0.3) is 0 Å². The number of aliphatic hydroxyl groups excluding tert-OH is 1. The van der Waals surface area contributed by atoms with Gasteiger partial charge in [0.05, 0.1) is 12.7 Å².